The first-order chi connectivity index (χ1) is 7.19. The average Bonchev–Trinajstić information content (AvgIpc) is 3.00. The Labute approximate surface area is 90.3 Å². The van der Waals surface area contributed by atoms with Gasteiger partial charge < -0.3 is 4.74 Å². The van der Waals surface area contributed by atoms with E-state index in [2.05, 4.69) is 0 Å². The Morgan fingerprint density at radius 1 is 1.33 bits per heavy atom. The van der Waals surface area contributed by atoms with Crippen LogP contribution in [0.15, 0.2) is 24.3 Å². The van der Waals surface area contributed by atoms with Crippen LogP contribution in [0.3, 0.4) is 0 Å². The van der Waals surface area contributed by atoms with Crippen molar-refractivity contribution in [2.24, 2.45) is 0 Å². The maximum atomic E-state index is 11.5. The minimum absolute atomic E-state index is 0.162. The monoisotopic (exact) mass is 204 g/mol. The number of ether oxygens (including phenoxy) is 1. The first-order valence-corrected chi connectivity index (χ1v) is 5.43. The molecule has 2 nitrogen and oxygen atoms in total. The van der Waals surface area contributed by atoms with E-state index in [0.29, 0.717) is 6.61 Å². The van der Waals surface area contributed by atoms with Crippen molar-refractivity contribution >= 4 is 5.78 Å². The molecule has 0 heterocycles. The van der Waals surface area contributed by atoms with E-state index in [0.717, 1.165) is 24.2 Å². The average molecular weight is 204 g/mol. The summed E-state index contributed by atoms with van der Waals surface area (Å²) in [5, 5.41) is 0. The molecule has 0 amide bonds. The van der Waals surface area contributed by atoms with Crippen LogP contribution in [0, 0.1) is 0 Å². The summed E-state index contributed by atoms with van der Waals surface area (Å²) < 4.78 is 5.37. The zero-order valence-electron chi connectivity index (χ0n) is 9.25. The van der Waals surface area contributed by atoms with E-state index in [-0.39, 0.29) is 11.2 Å². The van der Waals surface area contributed by atoms with E-state index >= 15 is 0 Å². The van der Waals surface area contributed by atoms with Crippen LogP contribution in [0.5, 0.6) is 5.75 Å². The van der Waals surface area contributed by atoms with Gasteiger partial charge in [-0.25, -0.2) is 0 Å². The van der Waals surface area contributed by atoms with Crippen LogP contribution in [-0.2, 0) is 10.2 Å². The van der Waals surface area contributed by atoms with Crippen LogP contribution >= 0.6 is 0 Å². The maximum absolute atomic E-state index is 11.5. The molecule has 1 aliphatic rings. The van der Waals surface area contributed by atoms with Gasteiger partial charge in [0.2, 0.25) is 0 Å². The fourth-order valence-corrected chi connectivity index (χ4v) is 2.01. The highest BCUT2D eigenvalue weighted by molar-refractivity contribution is 5.91. The molecule has 2 rings (SSSR count). The predicted octanol–water partition coefficient (Wildman–Crippen LogP) is 2.71. The molecular formula is C13H16O2. The molecule has 1 aromatic rings. The number of rotatable bonds is 4. The van der Waals surface area contributed by atoms with Crippen molar-refractivity contribution in [1.29, 1.82) is 0 Å². The zero-order chi connectivity index (χ0) is 10.9. The molecule has 0 spiro atoms. The Kier molecular flexibility index (Phi) is 2.51. The Morgan fingerprint density at radius 2 is 1.93 bits per heavy atom. The SMILES string of the molecule is CCOc1ccc(C2(C(C)=O)CC2)cc1. The summed E-state index contributed by atoms with van der Waals surface area (Å²) in [5.41, 5.74) is 0.975. The normalized spacial score (nSPS) is 17.2. The van der Waals surface area contributed by atoms with Crippen molar-refractivity contribution in [3.8, 4) is 5.75 Å². The van der Waals surface area contributed by atoms with Crippen molar-refractivity contribution < 1.29 is 9.53 Å². The Morgan fingerprint density at radius 3 is 2.33 bits per heavy atom. The van der Waals surface area contributed by atoms with Gasteiger partial charge in [-0.1, -0.05) is 12.1 Å². The summed E-state index contributed by atoms with van der Waals surface area (Å²) in [4.78, 5) is 11.5. The molecule has 1 saturated carbocycles. The van der Waals surface area contributed by atoms with Crippen LogP contribution in [0.1, 0.15) is 32.3 Å². The van der Waals surface area contributed by atoms with Crippen molar-refractivity contribution in [3.05, 3.63) is 29.8 Å². The number of Topliss-reactive ketones (excluding diaryl/α,β-unsaturated/α-hetero) is 1. The highest BCUT2D eigenvalue weighted by Gasteiger charge is 2.48. The number of hydrogen-bond acceptors (Lipinski definition) is 2. The van der Waals surface area contributed by atoms with Crippen LogP contribution in [-0.4, -0.2) is 12.4 Å². The van der Waals surface area contributed by atoms with Gasteiger partial charge >= 0.3 is 0 Å². The van der Waals surface area contributed by atoms with E-state index in [4.69, 9.17) is 4.74 Å². The Balaban J connectivity index is 2.20. The van der Waals surface area contributed by atoms with E-state index in [1.54, 1.807) is 6.92 Å². The highest BCUT2D eigenvalue weighted by Crippen LogP contribution is 2.49. The van der Waals surface area contributed by atoms with Crippen molar-refractivity contribution in [3.63, 3.8) is 0 Å². The molecule has 0 saturated heterocycles. The summed E-state index contributed by atoms with van der Waals surface area (Å²) in [5.74, 6) is 1.16. The number of hydrogen-bond donors (Lipinski definition) is 0. The molecule has 1 aliphatic carbocycles. The predicted molar refractivity (Wildman–Crippen MR) is 59.2 cm³/mol. The molecule has 0 radical (unpaired) electrons. The number of ketones is 1. The quantitative estimate of drug-likeness (QED) is 0.753. The minimum atomic E-state index is -0.162. The van der Waals surface area contributed by atoms with E-state index in [9.17, 15) is 4.79 Å². The molecule has 0 bridgehead atoms. The molecule has 80 valence electrons. The zero-order valence-corrected chi connectivity index (χ0v) is 9.25. The van der Waals surface area contributed by atoms with Gasteiger partial charge in [0.25, 0.3) is 0 Å². The maximum Gasteiger partial charge on any atom is 0.140 e. The summed E-state index contributed by atoms with van der Waals surface area (Å²) in [6.07, 6.45) is 1.99. The lowest BCUT2D eigenvalue weighted by Gasteiger charge is -2.12. The second-order valence-corrected chi connectivity index (χ2v) is 4.10. The molecular weight excluding hydrogens is 188 g/mol. The van der Waals surface area contributed by atoms with Crippen molar-refractivity contribution in [2.45, 2.75) is 32.1 Å². The fourth-order valence-electron chi connectivity index (χ4n) is 2.01. The number of benzene rings is 1. The van der Waals surface area contributed by atoms with Crippen LogP contribution < -0.4 is 4.74 Å². The second kappa shape index (κ2) is 3.69. The first kappa shape index (κ1) is 10.2. The summed E-state index contributed by atoms with van der Waals surface area (Å²) in [6.45, 7) is 4.33. The van der Waals surface area contributed by atoms with Crippen molar-refractivity contribution in [1.82, 2.24) is 0 Å². The molecule has 15 heavy (non-hydrogen) atoms. The van der Waals surface area contributed by atoms with Crippen LogP contribution in [0.2, 0.25) is 0 Å². The molecule has 0 aromatic heterocycles. The van der Waals surface area contributed by atoms with E-state index in [1.165, 1.54) is 0 Å². The third kappa shape index (κ3) is 1.76. The molecule has 0 aliphatic heterocycles. The lowest BCUT2D eigenvalue weighted by atomic mass is 9.92. The Hall–Kier alpha value is -1.31. The summed E-state index contributed by atoms with van der Waals surface area (Å²) in [7, 11) is 0. The van der Waals surface area contributed by atoms with Gasteiger partial charge in [0.1, 0.15) is 11.5 Å². The standard InChI is InChI=1S/C13H16O2/c1-3-15-12-6-4-11(5-7-12)13(8-9-13)10(2)14/h4-7H,3,8-9H2,1-2H3. The van der Waals surface area contributed by atoms with Gasteiger partial charge in [0.05, 0.1) is 12.0 Å². The smallest absolute Gasteiger partial charge is 0.140 e. The van der Waals surface area contributed by atoms with Crippen molar-refractivity contribution in [2.75, 3.05) is 6.61 Å². The van der Waals surface area contributed by atoms with Gasteiger partial charge in [-0.15, -0.1) is 0 Å². The van der Waals surface area contributed by atoms with E-state index < -0.39 is 0 Å². The lowest BCUT2D eigenvalue weighted by molar-refractivity contribution is -0.119. The van der Waals surface area contributed by atoms with Gasteiger partial charge in [0.15, 0.2) is 0 Å². The summed E-state index contributed by atoms with van der Waals surface area (Å²) in [6, 6.07) is 7.92. The Bertz CT molecular complexity index is 361. The molecule has 1 aromatic carbocycles. The topological polar surface area (TPSA) is 26.3 Å². The first-order valence-electron chi connectivity index (χ1n) is 5.43. The third-order valence-electron chi connectivity index (χ3n) is 3.14. The third-order valence-corrected chi connectivity index (χ3v) is 3.14. The molecule has 1 fully saturated rings. The fraction of sp³-hybridized carbons (Fsp3) is 0.462. The summed E-state index contributed by atoms with van der Waals surface area (Å²) >= 11 is 0. The second-order valence-electron chi connectivity index (χ2n) is 4.10. The number of carbonyl (C=O) groups excluding carboxylic acids is 1. The van der Waals surface area contributed by atoms with Gasteiger partial charge in [-0.05, 0) is 44.4 Å². The number of carbonyl (C=O) groups is 1. The van der Waals surface area contributed by atoms with Gasteiger partial charge in [-0.2, -0.15) is 0 Å². The minimum Gasteiger partial charge on any atom is -0.494 e. The highest BCUT2D eigenvalue weighted by atomic mass is 16.5. The van der Waals surface area contributed by atoms with Gasteiger partial charge in [-0.3, -0.25) is 4.79 Å². The molecule has 0 atom stereocenters. The van der Waals surface area contributed by atoms with E-state index in [1.807, 2.05) is 31.2 Å². The van der Waals surface area contributed by atoms with Crippen LogP contribution in [0.25, 0.3) is 0 Å². The van der Waals surface area contributed by atoms with Gasteiger partial charge in [0, 0.05) is 0 Å². The largest absolute Gasteiger partial charge is 0.494 e. The van der Waals surface area contributed by atoms with Crippen LogP contribution in [0.4, 0.5) is 0 Å². The molecule has 2 heteroatoms. The molecule has 0 N–H and O–H groups in total. The lowest BCUT2D eigenvalue weighted by Crippen LogP contribution is -2.16. The molecule has 0 unspecified atom stereocenters.